The lowest BCUT2D eigenvalue weighted by atomic mass is 9.96. The monoisotopic (exact) mass is 677 g/mol. The summed E-state index contributed by atoms with van der Waals surface area (Å²) in [5, 5.41) is 27.2. The van der Waals surface area contributed by atoms with E-state index in [-0.39, 0.29) is 59.1 Å². The van der Waals surface area contributed by atoms with E-state index >= 15 is 4.39 Å². The van der Waals surface area contributed by atoms with Crippen molar-refractivity contribution in [3.05, 3.63) is 58.8 Å². The molecular weight excluding hydrogens is 641 g/mol. The van der Waals surface area contributed by atoms with Crippen LogP contribution in [-0.2, 0) is 21.4 Å². The summed E-state index contributed by atoms with van der Waals surface area (Å²) in [6.07, 6.45) is 2.36. The third kappa shape index (κ3) is 5.92. The number of piperidine rings is 1. The van der Waals surface area contributed by atoms with E-state index in [1.165, 1.54) is 10.4 Å². The minimum absolute atomic E-state index is 0.0667. The number of carbonyl (C=O) groups excluding carboxylic acids is 3. The van der Waals surface area contributed by atoms with Gasteiger partial charge in [-0.05, 0) is 79.5 Å². The molecule has 0 aliphatic carbocycles. The number of aryl methyl sites for hydroxylation is 1. The summed E-state index contributed by atoms with van der Waals surface area (Å²) in [7, 11) is 1.70. The highest BCUT2D eigenvalue weighted by Crippen LogP contribution is 2.40. The molecule has 0 spiro atoms. The number of phenols is 1. The smallest absolute Gasteiger partial charge is 0.329 e. The van der Waals surface area contributed by atoms with Crippen molar-refractivity contribution in [1.29, 1.82) is 0 Å². The maximum atomic E-state index is 15.3. The number of fused-ring (bicyclic) bond motifs is 2. The van der Waals surface area contributed by atoms with Gasteiger partial charge in [-0.15, -0.1) is 0 Å². The second-order valence-electron chi connectivity index (χ2n) is 12.7. The lowest BCUT2D eigenvalue weighted by Gasteiger charge is -2.29. The number of imidazole rings is 1. The van der Waals surface area contributed by atoms with Crippen molar-refractivity contribution in [2.75, 3.05) is 34.2 Å². The predicted molar refractivity (Wildman–Crippen MR) is 181 cm³/mol. The summed E-state index contributed by atoms with van der Waals surface area (Å²) in [5.41, 5.74) is 2.59. The summed E-state index contributed by atoms with van der Waals surface area (Å²) in [6, 6.07) is 11.5. The molecule has 4 aromatic rings. The first-order chi connectivity index (χ1) is 23.1. The number of halogens is 1. The van der Waals surface area contributed by atoms with Crippen LogP contribution in [0.2, 0.25) is 0 Å². The molecule has 5 N–H and O–H groups in total. The number of phenolic OH excluding ortho intramolecular Hbond substituents is 1. The van der Waals surface area contributed by atoms with E-state index in [1.54, 1.807) is 34.4 Å². The van der Waals surface area contributed by atoms with Crippen molar-refractivity contribution in [2.45, 2.75) is 50.8 Å². The van der Waals surface area contributed by atoms with Gasteiger partial charge in [-0.1, -0.05) is 0 Å². The van der Waals surface area contributed by atoms with Crippen LogP contribution in [-0.4, -0.2) is 62.9 Å². The normalized spacial score (nSPS) is 21.8. The van der Waals surface area contributed by atoms with E-state index < -0.39 is 18.1 Å². The van der Waals surface area contributed by atoms with Crippen LogP contribution < -0.4 is 30.3 Å². The second-order valence-corrected chi connectivity index (χ2v) is 13.5. The summed E-state index contributed by atoms with van der Waals surface area (Å²) in [5.74, 6) is -1.45. The zero-order valence-electron chi connectivity index (χ0n) is 26.2. The number of aliphatic hydroxyl groups is 1. The van der Waals surface area contributed by atoms with Crippen LogP contribution in [0, 0.1) is 11.7 Å². The number of carbonyl (C=O) groups is 3. The molecule has 0 radical (unpaired) electrons. The largest absolute Gasteiger partial charge is 0.506 e. The third-order valence-corrected chi connectivity index (χ3v) is 10.4. The molecule has 7 rings (SSSR count). The number of rotatable bonds is 6. The maximum absolute atomic E-state index is 15.3. The average Bonchev–Trinajstić information content (AvgIpc) is 3.47. The van der Waals surface area contributed by atoms with Crippen LogP contribution >= 0.6 is 12.1 Å². The molecule has 4 heterocycles. The zero-order valence-corrected chi connectivity index (χ0v) is 27.1. The van der Waals surface area contributed by atoms with Crippen molar-refractivity contribution in [2.24, 2.45) is 13.0 Å². The molecule has 252 valence electrons. The Hall–Kier alpha value is -4.76. The van der Waals surface area contributed by atoms with E-state index in [0.29, 0.717) is 29.4 Å². The highest BCUT2D eigenvalue weighted by molar-refractivity contribution is 7.99. The van der Waals surface area contributed by atoms with Crippen molar-refractivity contribution in [1.82, 2.24) is 19.2 Å². The van der Waals surface area contributed by atoms with Crippen LogP contribution in [0.3, 0.4) is 0 Å². The van der Waals surface area contributed by atoms with Crippen LogP contribution in [0.1, 0.15) is 44.6 Å². The minimum Gasteiger partial charge on any atom is -0.506 e. The molecule has 13 nitrogen and oxygen atoms in total. The molecule has 3 unspecified atom stereocenters. The van der Waals surface area contributed by atoms with Gasteiger partial charge in [0.05, 0.1) is 29.2 Å². The molecule has 3 amide bonds. The Kier molecular flexibility index (Phi) is 8.41. The van der Waals surface area contributed by atoms with E-state index in [2.05, 4.69) is 20.3 Å². The number of aliphatic hydroxyl groups excluding tert-OH is 1. The second kappa shape index (κ2) is 12.7. The topological polar surface area (TPSA) is 161 Å². The standard InChI is InChI=1S/C33H36FN7O6S/c1-38-25-16-21(5-7-23(25)41(33(38)47)24-8-9-27(43)36-32(24)46)39-11-2-3-18(10-12-39)13-28(44)35-20-4-6-22-19(14-20)15-26(42)31(30(22)34)40-17-29(45)37-48-40/h4-7,14-16,18,24,32,42,46H,2-3,8-13,17H2,1H3,(H,35,44)(H,36,43)(H,37,45). The van der Waals surface area contributed by atoms with Gasteiger partial charge in [0.2, 0.25) is 11.8 Å². The highest BCUT2D eigenvalue weighted by atomic mass is 32.2. The van der Waals surface area contributed by atoms with Gasteiger partial charge in [0.1, 0.15) is 24.2 Å². The fraction of sp³-hybridized carbons (Fsp3) is 0.394. The number of benzene rings is 3. The Morgan fingerprint density at radius 3 is 2.65 bits per heavy atom. The van der Waals surface area contributed by atoms with Crippen molar-refractivity contribution < 1.29 is 29.0 Å². The zero-order chi connectivity index (χ0) is 33.7. The lowest BCUT2D eigenvalue weighted by Crippen LogP contribution is -2.47. The minimum atomic E-state index is -1.13. The highest BCUT2D eigenvalue weighted by Gasteiger charge is 2.32. The Morgan fingerprint density at radius 2 is 1.88 bits per heavy atom. The molecule has 3 aliphatic heterocycles. The number of hydrogen-bond donors (Lipinski definition) is 5. The van der Waals surface area contributed by atoms with Crippen LogP contribution in [0.15, 0.2) is 47.3 Å². The van der Waals surface area contributed by atoms with Crippen molar-refractivity contribution in [3.8, 4) is 5.75 Å². The van der Waals surface area contributed by atoms with E-state index in [1.807, 2.05) is 18.2 Å². The van der Waals surface area contributed by atoms with Gasteiger partial charge in [-0.3, -0.25) is 32.5 Å². The summed E-state index contributed by atoms with van der Waals surface area (Å²) < 4.78 is 22.4. The fourth-order valence-electron chi connectivity index (χ4n) is 7.09. The fourth-order valence-corrected chi connectivity index (χ4v) is 7.81. The number of aromatic hydroxyl groups is 1. The van der Waals surface area contributed by atoms with Crippen LogP contribution in [0.4, 0.5) is 21.5 Å². The Bertz CT molecular complexity index is 2010. The van der Waals surface area contributed by atoms with Gasteiger partial charge < -0.3 is 25.7 Å². The van der Waals surface area contributed by atoms with Gasteiger partial charge >= 0.3 is 5.69 Å². The molecule has 1 aromatic heterocycles. The Balaban J connectivity index is 1.00. The van der Waals surface area contributed by atoms with Crippen LogP contribution in [0.5, 0.6) is 5.75 Å². The first-order valence-corrected chi connectivity index (χ1v) is 16.8. The number of aromatic nitrogens is 2. The molecule has 0 bridgehead atoms. The van der Waals surface area contributed by atoms with Gasteiger partial charge in [0, 0.05) is 49.7 Å². The van der Waals surface area contributed by atoms with Gasteiger partial charge in [-0.25, -0.2) is 9.18 Å². The summed E-state index contributed by atoms with van der Waals surface area (Å²) >= 11 is 0.918. The first-order valence-electron chi connectivity index (χ1n) is 16.0. The Morgan fingerprint density at radius 1 is 1.04 bits per heavy atom. The third-order valence-electron chi connectivity index (χ3n) is 9.55. The SMILES string of the molecule is Cn1c(=O)n(C2CCC(=O)NC2O)c2ccc(N3CCCC(CC(=O)Nc4ccc5c(F)c(N6CC(=O)NS6)c(O)cc5c4)CC3)cc21. The van der Waals surface area contributed by atoms with Crippen molar-refractivity contribution in [3.63, 3.8) is 0 Å². The maximum Gasteiger partial charge on any atom is 0.329 e. The average molecular weight is 678 g/mol. The summed E-state index contributed by atoms with van der Waals surface area (Å²) in [6.45, 7) is 1.46. The molecule has 0 saturated carbocycles. The molecule has 3 aliphatic rings. The van der Waals surface area contributed by atoms with Crippen molar-refractivity contribution >= 4 is 68.7 Å². The number of hydrogen-bond acceptors (Lipinski definition) is 9. The molecule has 3 saturated heterocycles. The van der Waals surface area contributed by atoms with Gasteiger partial charge in [0.25, 0.3) is 5.91 Å². The number of amides is 3. The summed E-state index contributed by atoms with van der Waals surface area (Å²) in [4.78, 5) is 51.9. The first kappa shape index (κ1) is 31.8. The molecular formula is C33H36FN7O6S. The van der Waals surface area contributed by atoms with Gasteiger partial charge in [0.15, 0.2) is 5.82 Å². The number of anilines is 3. The quantitative estimate of drug-likeness (QED) is 0.193. The van der Waals surface area contributed by atoms with Crippen LogP contribution in [0.25, 0.3) is 21.8 Å². The number of nitrogens with one attached hydrogen (secondary N) is 3. The molecule has 48 heavy (non-hydrogen) atoms. The molecule has 3 atom stereocenters. The lowest BCUT2D eigenvalue weighted by molar-refractivity contribution is -0.128. The molecule has 15 heteroatoms. The van der Waals surface area contributed by atoms with Gasteiger partial charge in [-0.2, -0.15) is 0 Å². The molecule has 3 fully saturated rings. The van der Waals surface area contributed by atoms with E-state index in [9.17, 15) is 29.4 Å². The van der Waals surface area contributed by atoms with E-state index in [0.717, 1.165) is 55.7 Å². The Labute approximate surface area is 278 Å². The van der Waals surface area contributed by atoms with E-state index in [4.69, 9.17) is 0 Å². The molecule has 3 aromatic carbocycles. The predicted octanol–water partition coefficient (Wildman–Crippen LogP) is 3.24. The number of nitrogens with zero attached hydrogens (tertiary/aromatic N) is 4.